The third-order valence-corrected chi connectivity index (χ3v) is 6.29. The van der Waals surface area contributed by atoms with Crippen LogP contribution in [0.3, 0.4) is 0 Å². The highest BCUT2D eigenvalue weighted by atomic mass is 35.5. The minimum Gasteiger partial charge on any atom is -0.497 e. The number of ether oxygens (including phenoxy) is 1. The lowest BCUT2D eigenvalue weighted by Gasteiger charge is -2.10. The molecule has 2 aromatic heterocycles. The second-order valence-electron chi connectivity index (χ2n) is 7.63. The standard InChI is InChI=1S/C24H23ClN6O2S/c1-14-5-6-17(12-20(14)25)28-23(32)22-21(13-34-24-26-15(2)11-16(3)27-24)31(30-29-22)18-7-9-19(33-4)10-8-18/h5-12H,13H2,1-4H3,(H,28,32). The molecule has 0 unspecified atom stereocenters. The van der Waals surface area contributed by atoms with Gasteiger partial charge in [0, 0.05) is 27.9 Å². The van der Waals surface area contributed by atoms with E-state index < -0.39 is 0 Å². The summed E-state index contributed by atoms with van der Waals surface area (Å²) in [5.74, 6) is 0.730. The van der Waals surface area contributed by atoms with Gasteiger partial charge in [-0.1, -0.05) is 34.6 Å². The Balaban J connectivity index is 1.67. The third-order valence-electron chi connectivity index (χ3n) is 5.02. The molecule has 8 nitrogen and oxygen atoms in total. The highest BCUT2D eigenvalue weighted by Gasteiger charge is 2.22. The van der Waals surface area contributed by atoms with Crippen molar-refractivity contribution in [2.45, 2.75) is 31.7 Å². The molecule has 0 aliphatic rings. The predicted molar refractivity (Wildman–Crippen MR) is 133 cm³/mol. The van der Waals surface area contributed by atoms with Gasteiger partial charge in [-0.15, -0.1) is 5.10 Å². The Morgan fingerprint density at radius 2 is 1.76 bits per heavy atom. The third kappa shape index (κ3) is 5.37. The summed E-state index contributed by atoms with van der Waals surface area (Å²) in [5.41, 5.74) is 4.85. The van der Waals surface area contributed by atoms with Crippen LogP contribution >= 0.6 is 23.4 Å². The van der Waals surface area contributed by atoms with Crippen LogP contribution in [0.25, 0.3) is 5.69 Å². The van der Waals surface area contributed by atoms with E-state index in [9.17, 15) is 4.79 Å². The largest absolute Gasteiger partial charge is 0.497 e. The van der Waals surface area contributed by atoms with Gasteiger partial charge in [0.2, 0.25) is 0 Å². The monoisotopic (exact) mass is 494 g/mol. The Morgan fingerprint density at radius 1 is 1.06 bits per heavy atom. The number of aryl methyl sites for hydroxylation is 3. The predicted octanol–water partition coefficient (Wildman–Crippen LogP) is 5.19. The van der Waals surface area contributed by atoms with Crippen LogP contribution in [-0.2, 0) is 5.75 Å². The molecular weight excluding hydrogens is 472 g/mol. The van der Waals surface area contributed by atoms with Crippen molar-refractivity contribution in [3.8, 4) is 11.4 Å². The van der Waals surface area contributed by atoms with Gasteiger partial charge in [0.1, 0.15) is 5.75 Å². The summed E-state index contributed by atoms with van der Waals surface area (Å²) in [4.78, 5) is 22.1. The number of carbonyl (C=O) groups is 1. The molecule has 0 spiro atoms. The molecule has 1 N–H and O–H groups in total. The molecule has 10 heteroatoms. The summed E-state index contributed by atoms with van der Waals surface area (Å²) >= 11 is 7.63. The molecule has 0 saturated carbocycles. The summed E-state index contributed by atoms with van der Waals surface area (Å²) in [6, 6.07) is 14.6. The van der Waals surface area contributed by atoms with Gasteiger partial charge in [-0.3, -0.25) is 4.79 Å². The van der Waals surface area contributed by atoms with Crippen molar-refractivity contribution in [3.05, 3.63) is 81.9 Å². The fourth-order valence-corrected chi connectivity index (χ4v) is 4.41. The summed E-state index contributed by atoms with van der Waals surface area (Å²) in [5, 5.41) is 12.5. The number of benzene rings is 2. The van der Waals surface area contributed by atoms with Gasteiger partial charge in [-0.05, 0) is 68.8 Å². The number of halogens is 1. The minimum atomic E-state index is -0.378. The zero-order valence-electron chi connectivity index (χ0n) is 19.2. The SMILES string of the molecule is COc1ccc(-n2nnc(C(=O)Nc3ccc(C)c(Cl)c3)c2CSc2nc(C)cc(C)n2)cc1. The number of nitrogens with zero attached hydrogens (tertiary/aromatic N) is 5. The highest BCUT2D eigenvalue weighted by Crippen LogP contribution is 2.26. The molecule has 0 bridgehead atoms. The first kappa shape index (κ1) is 23.7. The normalized spacial score (nSPS) is 10.9. The summed E-state index contributed by atoms with van der Waals surface area (Å²) in [6.45, 7) is 5.75. The van der Waals surface area contributed by atoms with Crippen LogP contribution in [0.5, 0.6) is 5.75 Å². The maximum absolute atomic E-state index is 13.2. The van der Waals surface area contributed by atoms with E-state index >= 15 is 0 Å². The van der Waals surface area contributed by atoms with Crippen LogP contribution < -0.4 is 10.1 Å². The minimum absolute atomic E-state index is 0.212. The molecular formula is C24H23ClN6O2S. The molecule has 2 heterocycles. The number of hydrogen-bond donors (Lipinski definition) is 1. The van der Waals surface area contributed by atoms with Crippen molar-refractivity contribution in [3.63, 3.8) is 0 Å². The molecule has 1 amide bonds. The zero-order chi connectivity index (χ0) is 24.2. The van der Waals surface area contributed by atoms with Crippen molar-refractivity contribution in [2.24, 2.45) is 0 Å². The number of rotatable bonds is 7. The molecule has 0 saturated heterocycles. The van der Waals surface area contributed by atoms with E-state index in [0.717, 1.165) is 28.4 Å². The first-order chi connectivity index (χ1) is 16.3. The van der Waals surface area contributed by atoms with E-state index in [1.54, 1.807) is 23.9 Å². The highest BCUT2D eigenvalue weighted by molar-refractivity contribution is 7.98. The fourth-order valence-electron chi connectivity index (χ4n) is 3.29. The number of thioether (sulfide) groups is 1. The smallest absolute Gasteiger partial charge is 0.278 e. The fraction of sp³-hybridized carbons (Fsp3) is 0.208. The molecule has 4 rings (SSSR count). The quantitative estimate of drug-likeness (QED) is 0.279. The summed E-state index contributed by atoms with van der Waals surface area (Å²) in [6.07, 6.45) is 0. The number of carbonyl (C=O) groups excluding carboxylic acids is 1. The van der Waals surface area contributed by atoms with Gasteiger partial charge in [0.15, 0.2) is 10.9 Å². The van der Waals surface area contributed by atoms with Gasteiger partial charge >= 0.3 is 0 Å². The number of anilines is 1. The van der Waals surface area contributed by atoms with E-state index in [2.05, 4.69) is 25.6 Å². The van der Waals surface area contributed by atoms with Crippen LogP contribution in [-0.4, -0.2) is 38.0 Å². The second kappa shape index (κ2) is 10.2. The average Bonchev–Trinajstić information content (AvgIpc) is 3.23. The number of hydrogen-bond acceptors (Lipinski definition) is 7. The topological polar surface area (TPSA) is 94.8 Å². The Labute approximate surface area is 206 Å². The molecule has 174 valence electrons. The lowest BCUT2D eigenvalue weighted by atomic mass is 10.2. The molecule has 0 aliphatic heterocycles. The lowest BCUT2D eigenvalue weighted by Crippen LogP contribution is -2.15. The van der Waals surface area contributed by atoms with Crippen molar-refractivity contribution in [1.82, 2.24) is 25.0 Å². The van der Waals surface area contributed by atoms with Gasteiger partial charge in [0.05, 0.1) is 18.5 Å². The van der Waals surface area contributed by atoms with Gasteiger partial charge in [-0.25, -0.2) is 14.6 Å². The van der Waals surface area contributed by atoms with Crippen LogP contribution in [0.2, 0.25) is 5.02 Å². The van der Waals surface area contributed by atoms with Gasteiger partial charge in [0.25, 0.3) is 5.91 Å². The number of aromatic nitrogens is 5. The molecule has 2 aromatic carbocycles. The van der Waals surface area contributed by atoms with Crippen LogP contribution in [0.1, 0.15) is 33.1 Å². The Hall–Kier alpha value is -3.43. The van der Waals surface area contributed by atoms with Crippen molar-refractivity contribution in [2.75, 3.05) is 12.4 Å². The summed E-state index contributed by atoms with van der Waals surface area (Å²) in [7, 11) is 1.61. The Morgan fingerprint density at radius 3 is 2.41 bits per heavy atom. The van der Waals surface area contributed by atoms with E-state index in [1.807, 2.05) is 57.2 Å². The van der Waals surface area contributed by atoms with E-state index in [1.165, 1.54) is 11.8 Å². The average molecular weight is 495 g/mol. The van der Waals surface area contributed by atoms with Crippen LogP contribution in [0.4, 0.5) is 5.69 Å². The number of nitrogens with one attached hydrogen (secondary N) is 1. The number of methoxy groups -OCH3 is 1. The van der Waals surface area contributed by atoms with Crippen molar-refractivity contribution >= 4 is 35.0 Å². The van der Waals surface area contributed by atoms with E-state index in [-0.39, 0.29) is 11.6 Å². The zero-order valence-corrected chi connectivity index (χ0v) is 20.7. The second-order valence-corrected chi connectivity index (χ2v) is 8.98. The molecule has 0 atom stereocenters. The van der Waals surface area contributed by atoms with Crippen LogP contribution in [0, 0.1) is 20.8 Å². The maximum Gasteiger partial charge on any atom is 0.278 e. The maximum atomic E-state index is 13.2. The van der Waals surface area contributed by atoms with Crippen molar-refractivity contribution in [1.29, 1.82) is 0 Å². The molecule has 0 aliphatic carbocycles. The molecule has 0 radical (unpaired) electrons. The van der Waals surface area contributed by atoms with E-state index in [4.69, 9.17) is 16.3 Å². The summed E-state index contributed by atoms with van der Waals surface area (Å²) < 4.78 is 6.89. The first-order valence-electron chi connectivity index (χ1n) is 10.5. The Kier molecular flexibility index (Phi) is 7.14. The lowest BCUT2D eigenvalue weighted by molar-refractivity contribution is 0.102. The van der Waals surface area contributed by atoms with Gasteiger partial charge < -0.3 is 10.1 Å². The van der Waals surface area contributed by atoms with E-state index in [0.29, 0.717) is 27.3 Å². The number of amides is 1. The Bertz CT molecular complexity index is 1320. The van der Waals surface area contributed by atoms with Gasteiger partial charge in [-0.2, -0.15) is 0 Å². The van der Waals surface area contributed by atoms with Crippen molar-refractivity contribution < 1.29 is 9.53 Å². The molecule has 0 fully saturated rings. The molecule has 34 heavy (non-hydrogen) atoms. The molecule has 4 aromatic rings. The van der Waals surface area contributed by atoms with Crippen LogP contribution in [0.15, 0.2) is 53.7 Å². The first-order valence-corrected chi connectivity index (χ1v) is 11.8.